The average Bonchev–Trinajstić information content (AvgIpc) is 2.76. The number of aromatic nitrogens is 2. The van der Waals surface area contributed by atoms with Gasteiger partial charge in [-0.3, -0.25) is 4.79 Å². The van der Waals surface area contributed by atoms with Crippen LogP contribution in [0.4, 0.5) is 0 Å². The Hall–Kier alpha value is -2.09. The minimum atomic E-state index is -3.41. The molecular weight excluding hydrogens is 284 g/mol. The minimum Gasteiger partial charge on any atom is -0.508 e. The number of nitrogens with zero attached hydrogens (tertiary/aromatic N) is 1. The van der Waals surface area contributed by atoms with E-state index in [0.717, 1.165) is 0 Å². The number of imidazole rings is 1. The van der Waals surface area contributed by atoms with Gasteiger partial charge in [0, 0.05) is 12.5 Å². The summed E-state index contributed by atoms with van der Waals surface area (Å²) in [6.07, 6.45) is -0.215. The van der Waals surface area contributed by atoms with Crippen molar-refractivity contribution >= 4 is 26.8 Å². The number of sulfone groups is 1. The first-order valence-electron chi connectivity index (χ1n) is 5.95. The van der Waals surface area contributed by atoms with Crippen LogP contribution in [0.1, 0.15) is 12.2 Å². The van der Waals surface area contributed by atoms with Crippen molar-refractivity contribution in [1.82, 2.24) is 9.97 Å². The summed E-state index contributed by atoms with van der Waals surface area (Å²) in [5.41, 5.74) is 1.27. The van der Waals surface area contributed by atoms with Crippen molar-refractivity contribution in [3.8, 4) is 5.75 Å². The number of carboxylic acids is 1. The van der Waals surface area contributed by atoms with E-state index in [4.69, 9.17) is 5.11 Å². The molecule has 0 aliphatic carbocycles. The van der Waals surface area contributed by atoms with E-state index in [1.165, 1.54) is 12.1 Å². The van der Waals surface area contributed by atoms with Crippen LogP contribution in [0.2, 0.25) is 0 Å². The number of fused-ring (bicyclic) bond motifs is 1. The fourth-order valence-corrected chi connectivity index (χ4v) is 2.96. The van der Waals surface area contributed by atoms with Crippen molar-refractivity contribution in [2.24, 2.45) is 0 Å². The van der Waals surface area contributed by atoms with Gasteiger partial charge in [0.1, 0.15) is 11.6 Å². The van der Waals surface area contributed by atoms with Crippen molar-refractivity contribution in [2.45, 2.75) is 12.8 Å². The van der Waals surface area contributed by atoms with Crippen molar-refractivity contribution in [3.05, 3.63) is 24.0 Å². The highest BCUT2D eigenvalue weighted by atomic mass is 32.2. The summed E-state index contributed by atoms with van der Waals surface area (Å²) < 4.78 is 23.3. The van der Waals surface area contributed by atoms with Crippen molar-refractivity contribution in [2.75, 3.05) is 11.5 Å². The smallest absolute Gasteiger partial charge is 0.304 e. The molecule has 108 valence electrons. The average molecular weight is 298 g/mol. The molecule has 0 saturated carbocycles. The Labute approximate surface area is 115 Å². The fourth-order valence-electron chi connectivity index (χ4n) is 1.77. The largest absolute Gasteiger partial charge is 0.508 e. The maximum absolute atomic E-state index is 11.6. The number of aryl methyl sites for hydroxylation is 1. The monoisotopic (exact) mass is 298 g/mol. The van der Waals surface area contributed by atoms with Gasteiger partial charge in [-0.05, 0) is 12.1 Å². The molecule has 0 aliphatic heterocycles. The summed E-state index contributed by atoms with van der Waals surface area (Å²) in [5, 5.41) is 17.8. The predicted octanol–water partition coefficient (Wildman–Crippen LogP) is 0.701. The second kappa shape index (κ2) is 5.49. The number of hydrogen-bond acceptors (Lipinski definition) is 5. The molecule has 1 aromatic carbocycles. The topological polar surface area (TPSA) is 120 Å². The summed E-state index contributed by atoms with van der Waals surface area (Å²) in [6, 6.07) is 4.63. The summed E-state index contributed by atoms with van der Waals surface area (Å²) in [4.78, 5) is 17.5. The maximum Gasteiger partial charge on any atom is 0.304 e. The Balaban J connectivity index is 2.03. The quantitative estimate of drug-likeness (QED) is 0.722. The van der Waals surface area contributed by atoms with E-state index in [-0.39, 0.29) is 23.7 Å². The van der Waals surface area contributed by atoms with Gasteiger partial charge in [0.05, 0.1) is 29.0 Å². The molecule has 0 spiro atoms. The third kappa shape index (κ3) is 3.70. The summed E-state index contributed by atoms with van der Waals surface area (Å²) >= 11 is 0. The van der Waals surface area contributed by atoms with Crippen molar-refractivity contribution in [1.29, 1.82) is 0 Å². The Bertz CT molecular complexity index is 735. The van der Waals surface area contributed by atoms with E-state index in [2.05, 4.69) is 9.97 Å². The van der Waals surface area contributed by atoms with Gasteiger partial charge in [-0.15, -0.1) is 0 Å². The number of benzene rings is 1. The normalized spacial score (nSPS) is 11.8. The number of rotatable bonds is 6. The minimum absolute atomic E-state index is 0.0989. The molecule has 8 heteroatoms. The molecule has 0 atom stereocenters. The zero-order valence-corrected chi connectivity index (χ0v) is 11.4. The standard InChI is InChI=1S/C12H14N2O5S/c15-8-1-2-9-10(7-8)14-11(13-9)3-5-20(18,19)6-4-12(16)17/h1-2,7,15H,3-6H2,(H,13,14)(H,16,17). The molecule has 3 N–H and O–H groups in total. The Kier molecular flexibility index (Phi) is 3.93. The number of phenolic OH excluding ortho intramolecular Hbond substituents is 1. The molecule has 1 heterocycles. The van der Waals surface area contributed by atoms with Gasteiger partial charge in [-0.1, -0.05) is 0 Å². The molecule has 0 unspecified atom stereocenters. The zero-order chi connectivity index (χ0) is 14.8. The van der Waals surface area contributed by atoms with Gasteiger partial charge in [0.15, 0.2) is 9.84 Å². The lowest BCUT2D eigenvalue weighted by atomic mass is 10.3. The summed E-state index contributed by atoms with van der Waals surface area (Å²) in [7, 11) is -3.41. The van der Waals surface area contributed by atoms with E-state index in [1.54, 1.807) is 6.07 Å². The summed E-state index contributed by atoms with van der Waals surface area (Å²) in [5.74, 6) is -1.07. The van der Waals surface area contributed by atoms with Gasteiger partial charge in [0.2, 0.25) is 0 Å². The molecule has 2 aromatic rings. The molecule has 1 aromatic heterocycles. The highest BCUT2D eigenvalue weighted by Crippen LogP contribution is 2.17. The number of aromatic hydroxyl groups is 1. The molecule has 0 amide bonds. The Morgan fingerprint density at radius 1 is 1.30 bits per heavy atom. The fraction of sp³-hybridized carbons (Fsp3) is 0.333. The highest BCUT2D eigenvalue weighted by Gasteiger charge is 2.14. The molecule has 0 bridgehead atoms. The predicted molar refractivity (Wildman–Crippen MR) is 72.4 cm³/mol. The maximum atomic E-state index is 11.6. The lowest BCUT2D eigenvalue weighted by molar-refractivity contribution is -0.136. The third-order valence-electron chi connectivity index (χ3n) is 2.79. The highest BCUT2D eigenvalue weighted by molar-refractivity contribution is 7.91. The lowest BCUT2D eigenvalue weighted by Gasteiger charge is -2.00. The Morgan fingerprint density at radius 2 is 2.05 bits per heavy atom. The van der Waals surface area contributed by atoms with Crippen LogP contribution in [0, 0.1) is 0 Å². The van der Waals surface area contributed by atoms with Crippen molar-refractivity contribution < 1.29 is 23.4 Å². The van der Waals surface area contributed by atoms with Crippen LogP contribution in [0.5, 0.6) is 5.75 Å². The molecule has 0 radical (unpaired) electrons. The van der Waals surface area contributed by atoms with Crippen LogP contribution in [0.3, 0.4) is 0 Å². The molecule has 0 aliphatic rings. The van der Waals surface area contributed by atoms with E-state index in [1.807, 2.05) is 0 Å². The lowest BCUT2D eigenvalue weighted by Crippen LogP contribution is -2.16. The molecule has 0 saturated heterocycles. The first-order valence-corrected chi connectivity index (χ1v) is 7.78. The number of hydrogen-bond donors (Lipinski definition) is 3. The van der Waals surface area contributed by atoms with Crippen LogP contribution in [0.25, 0.3) is 11.0 Å². The van der Waals surface area contributed by atoms with Gasteiger partial charge in [-0.25, -0.2) is 13.4 Å². The first kappa shape index (κ1) is 14.3. The molecule has 0 fully saturated rings. The van der Waals surface area contributed by atoms with E-state index in [9.17, 15) is 18.3 Å². The number of aliphatic carboxylic acids is 1. The molecular formula is C12H14N2O5S. The van der Waals surface area contributed by atoms with E-state index < -0.39 is 22.2 Å². The van der Waals surface area contributed by atoms with E-state index >= 15 is 0 Å². The number of nitrogens with one attached hydrogen (secondary N) is 1. The van der Waals surface area contributed by atoms with Gasteiger partial charge < -0.3 is 15.2 Å². The summed E-state index contributed by atoms with van der Waals surface area (Å²) in [6.45, 7) is 0. The Morgan fingerprint density at radius 3 is 2.75 bits per heavy atom. The first-order chi connectivity index (χ1) is 9.35. The molecule has 7 nitrogen and oxygen atoms in total. The number of carboxylic acid groups (broad SMARTS) is 1. The van der Waals surface area contributed by atoms with Crippen LogP contribution in [0.15, 0.2) is 18.2 Å². The van der Waals surface area contributed by atoms with Gasteiger partial charge >= 0.3 is 5.97 Å². The SMILES string of the molecule is O=C(O)CCS(=O)(=O)CCc1nc2ccc(O)cc2[nH]1. The number of carbonyl (C=O) groups is 1. The van der Waals surface area contributed by atoms with E-state index in [0.29, 0.717) is 16.9 Å². The third-order valence-corrected chi connectivity index (χ3v) is 4.44. The van der Waals surface area contributed by atoms with Gasteiger partial charge in [-0.2, -0.15) is 0 Å². The van der Waals surface area contributed by atoms with Gasteiger partial charge in [0.25, 0.3) is 0 Å². The number of phenols is 1. The number of H-pyrrole nitrogens is 1. The van der Waals surface area contributed by atoms with Crippen molar-refractivity contribution in [3.63, 3.8) is 0 Å². The van der Waals surface area contributed by atoms with Crippen LogP contribution in [-0.2, 0) is 21.1 Å². The van der Waals surface area contributed by atoms with Crippen LogP contribution in [-0.4, -0.2) is 46.1 Å². The van der Waals surface area contributed by atoms with Crippen LogP contribution < -0.4 is 0 Å². The van der Waals surface area contributed by atoms with Crippen LogP contribution >= 0.6 is 0 Å². The second-order valence-corrected chi connectivity index (χ2v) is 6.73. The molecule has 2 rings (SSSR count). The second-order valence-electron chi connectivity index (χ2n) is 4.43. The molecule has 20 heavy (non-hydrogen) atoms. The number of aromatic amines is 1. The zero-order valence-electron chi connectivity index (χ0n) is 10.5.